The number of azo groups is 1. The van der Waals surface area contributed by atoms with Crippen molar-refractivity contribution in [1.82, 2.24) is 19.9 Å². The van der Waals surface area contributed by atoms with Crippen molar-refractivity contribution in [3.05, 3.63) is 94.0 Å². The normalized spacial score (nSPS) is 12.1. The van der Waals surface area contributed by atoms with E-state index in [1.807, 2.05) is 0 Å². The van der Waals surface area contributed by atoms with Gasteiger partial charge in [-0.25, -0.2) is 9.37 Å². The fourth-order valence-corrected chi connectivity index (χ4v) is 3.32. The minimum atomic E-state index is -4.94. The first-order valence-corrected chi connectivity index (χ1v) is 11.5. The summed E-state index contributed by atoms with van der Waals surface area (Å²) < 4.78 is 92.0. The van der Waals surface area contributed by atoms with Crippen molar-refractivity contribution in [2.24, 2.45) is 10.2 Å². The van der Waals surface area contributed by atoms with Gasteiger partial charge in [-0.1, -0.05) is 29.8 Å². The number of nitrogens with one attached hydrogen (secondary N) is 2. The lowest BCUT2D eigenvalue weighted by Crippen LogP contribution is -2.10. The Kier molecular flexibility index (Phi) is 8.42. The van der Waals surface area contributed by atoms with Crippen LogP contribution in [0.5, 0.6) is 0 Å². The molecular formula is C24H16ClF7N8. The van der Waals surface area contributed by atoms with Crippen molar-refractivity contribution in [3.8, 4) is 0 Å². The van der Waals surface area contributed by atoms with Gasteiger partial charge in [-0.15, -0.1) is 5.11 Å². The zero-order valence-corrected chi connectivity index (χ0v) is 20.7. The highest BCUT2D eigenvalue weighted by atomic mass is 35.5. The molecule has 208 valence electrons. The molecule has 4 aromatic rings. The number of alkyl halides is 6. The summed E-state index contributed by atoms with van der Waals surface area (Å²) in [5.41, 5.74) is -1.64. The molecule has 0 saturated carbocycles. The number of benzene rings is 2. The maximum Gasteiger partial charge on any atom is 0.419 e. The molecule has 2 N–H and O–H groups in total. The maximum absolute atomic E-state index is 13.7. The van der Waals surface area contributed by atoms with Crippen LogP contribution in [0.15, 0.2) is 71.0 Å². The Bertz CT molecular complexity index is 1510. The molecule has 0 bridgehead atoms. The quantitative estimate of drug-likeness (QED) is 0.125. The summed E-state index contributed by atoms with van der Waals surface area (Å²) in [6.07, 6.45) is -7.99. The fraction of sp³-hybridized carbons (Fsp3) is 0.167. The number of halogens is 8. The van der Waals surface area contributed by atoms with Crippen LogP contribution in [0.2, 0.25) is 5.15 Å². The van der Waals surface area contributed by atoms with Gasteiger partial charge in [0.15, 0.2) is 0 Å². The van der Waals surface area contributed by atoms with E-state index in [0.717, 1.165) is 18.2 Å². The smallest absolute Gasteiger partial charge is 0.350 e. The lowest BCUT2D eigenvalue weighted by atomic mass is 10.1. The first-order valence-electron chi connectivity index (χ1n) is 11.1. The highest BCUT2D eigenvalue weighted by Gasteiger charge is 2.34. The molecule has 2 aromatic heterocycles. The van der Waals surface area contributed by atoms with Crippen molar-refractivity contribution in [3.63, 3.8) is 0 Å². The highest BCUT2D eigenvalue weighted by molar-refractivity contribution is 6.29. The predicted octanol–water partition coefficient (Wildman–Crippen LogP) is 7.74. The van der Waals surface area contributed by atoms with E-state index < -0.39 is 29.3 Å². The van der Waals surface area contributed by atoms with Crippen LogP contribution >= 0.6 is 11.6 Å². The van der Waals surface area contributed by atoms with Crippen LogP contribution in [-0.4, -0.2) is 19.9 Å². The number of nitrogens with zero attached hydrogens (tertiary/aromatic N) is 6. The minimum absolute atomic E-state index is 0.0707. The van der Waals surface area contributed by atoms with Gasteiger partial charge < -0.3 is 10.6 Å². The standard InChI is InChI=1S/C24H16ClF7N8/c25-19-7-4-14(10-33-19)11-34-20-37-21(36-16-5-6-18(26)17(9-16)24(30,31)32)39-22(38-20)40-35-12-13-2-1-3-15(8-13)23(27,28)29/h1-10H,11-12H2,(H2,34,36,37,38,39). The van der Waals surface area contributed by atoms with E-state index in [1.165, 1.54) is 18.3 Å². The van der Waals surface area contributed by atoms with E-state index in [1.54, 1.807) is 12.1 Å². The third-order valence-electron chi connectivity index (χ3n) is 5.06. The van der Waals surface area contributed by atoms with Gasteiger partial charge in [0.25, 0.3) is 5.95 Å². The van der Waals surface area contributed by atoms with E-state index in [9.17, 15) is 30.7 Å². The van der Waals surface area contributed by atoms with Crippen molar-refractivity contribution < 1.29 is 30.7 Å². The molecule has 4 rings (SSSR count). The highest BCUT2D eigenvalue weighted by Crippen LogP contribution is 2.34. The molecule has 0 radical (unpaired) electrons. The minimum Gasteiger partial charge on any atom is -0.350 e. The van der Waals surface area contributed by atoms with E-state index in [0.29, 0.717) is 17.7 Å². The summed E-state index contributed by atoms with van der Waals surface area (Å²) in [5, 5.41) is 13.3. The second-order valence-electron chi connectivity index (χ2n) is 8.04. The molecule has 2 heterocycles. The SMILES string of the molecule is Fc1ccc(Nc2nc(N=NCc3cccc(C(F)(F)F)c3)nc(NCc3ccc(Cl)nc3)n2)cc1C(F)(F)F. The lowest BCUT2D eigenvalue weighted by molar-refractivity contribution is -0.140. The number of hydrogen-bond donors (Lipinski definition) is 2. The molecule has 0 amide bonds. The summed E-state index contributed by atoms with van der Waals surface area (Å²) in [7, 11) is 0. The molecule has 16 heteroatoms. The van der Waals surface area contributed by atoms with Crippen LogP contribution in [0.1, 0.15) is 22.3 Å². The first-order chi connectivity index (χ1) is 18.9. The Morgan fingerprint density at radius 3 is 2.30 bits per heavy atom. The summed E-state index contributed by atoms with van der Waals surface area (Å²) in [4.78, 5) is 16.1. The van der Waals surface area contributed by atoms with Gasteiger partial charge in [0.05, 0.1) is 17.7 Å². The van der Waals surface area contributed by atoms with Crippen molar-refractivity contribution in [2.75, 3.05) is 10.6 Å². The number of anilines is 3. The maximum atomic E-state index is 13.7. The Hall–Kier alpha value is -4.40. The van der Waals surface area contributed by atoms with Crippen molar-refractivity contribution in [1.29, 1.82) is 0 Å². The average Bonchev–Trinajstić information content (AvgIpc) is 2.88. The van der Waals surface area contributed by atoms with Crippen LogP contribution in [0, 0.1) is 5.82 Å². The van der Waals surface area contributed by atoms with Gasteiger partial charge in [0.2, 0.25) is 11.9 Å². The molecule has 0 unspecified atom stereocenters. The summed E-state index contributed by atoms with van der Waals surface area (Å²) in [5.74, 6) is -2.10. The molecule has 0 aliphatic carbocycles. The third-order valence-corrected chi connectivity index (χ3v) is 5.28. The Labute approximate surface area is 226 Å². The van der Waals surface area contributed by atoms with Crippen molar-refractivity contribution >= 4 is 35.1 Å². The topological polar surface area (TPSA) is 100 Å². The summed E-state index contributed by atoms with van der Waals surface area (Å²) in [6.45, 7) is -0.0896. The molecule has 0 aliphatic rings. The van der Waals surface area contributed by atoms with Gasteiger partial charge in [-0.05, 0) is 47.5 Å². The molecule has 2 aromatic carbocycles. The Balaban J connectivity index is 1.59. The molecule has 0 spiro atoms. The van der Waals surface area contributed by atoms with Gasteiger partial charge in [-0.2, -0.15) is 46.4 Å². The number of pyridine rings is 1. The molecule has 0 saturated heterocycles. The van der Waals surface area contributed by atoms with Crippen LogP contribution in [0.3, 0.4) is 0 Å². The largest absolute Gasteiger partial charge is 0.419 e. The molecule has 0 aliphatic heterocycles. The predicted molar refractivity (Wildman–Crippen MR) is 131 cm³/mol. The van der Waals surface area contributed by atoms with Gasteiger partial charge in [0.1, 0.15) is 11.0 Å². The average molecular weight is 585 g/mol. The van der Waals surface area contributed by atoms with Gasteiger partial charge >= 0.3 is 12.4 Å². The van der Waals surface area contributed by atoms with Crippen LogP contribution in [0.4, 0.5) is 54.3 Å². The van der Waals surface area contributed by atoms with E-state index in [4.69, 9.17) is 11.6 Å². The second kappa shape index (κ2) is 11.8. The van der Waals surface area contributed by atoms with Gasteiger partial charge in [0, 0.05) is 18.4 Å². The zero-order chi connectivity index (χ0) is 28.9. The second-order valence-corrected chi connectivity index (χ2v) is 8.43. The summed E-state index contributed by atoms with van der Waals surface area (Å²) in [6, 6.07) is 9.94. The van der Waals surface area contributed by atoms with E-state index in [2.05, 4.69) is 40.8 Å². The number of rotatable bonds is 8. The number of hydrogen-bond acceptors (Lipinski definition) is 8. The van der Waals surface area contributed by atoms with E-state index >= 15 is 0 Å². The lowest BCUT2D eigenvalue weighted by Gasteiger charge is -2.12. The first kappa shape index (κ1) is 28.6. The fourth-order valence-electron chi connectivity index (χ4n) is 3.21. The Morgan fingerprint density at radius 2 is 1.60 bits per heavy atom. The molecule has 40 heavy (non-hydrogen) atoms. The van der Waals surface area contributed by atoms with Crippen LogP contribution < -0.4 is 10.6 Å². The van der Waals surface area contributed by atoms with Crippen molar-refractivity contribution in [2.45, 2.75) is 25.4 Å². The monoisotopic (exact) mass is 584 g/mol. The number of aromatic nitrogens is 4. The molecule has 8 nitrogen and oxygen atoms in total. The summed E-state index contributed by atoms with van der Waals surface area (Å²) >= 11 is 5.77. The third kappa shape index (κ3) is 7.81. The molecule has 0 atom stereocenters. The van der Waals surface area contributed by atoms with E-state index in [-0.39, 0.29) is 47.3 Å². The van der Waals surface area contributed by atoms with Crippen LogP contribution in [0.25, 0.3) is 0 Å². The van der Waals surface area contributed by atoms with Gasteiger partial charge in [-0.3, -0.25) is 0 Å². The molecular weight excluding hydrogens is 569 g/mol. The molecule has 0 fully saturated rings. The zero-order valence-electron chi connectivity index (χ0n) is 19.9. The van der Waals surface area contributed by atoms with Crippen LogP contribution in [-0.2, 0) is 25.4 Å². The Morgan fingerprint density at radius 1 is 0.825 bits per heavy atom.